The summed E-state index contributed by atoms with van der Waals surface area (Å²) in [6.45, 7) is 4.46. The fraction of sp³-hybridized carbons (Fsp3) is 0.250. The molecule has 4 rings (SSSR count). The number of rotatable bonds is 10. The molecule has 0 aliphatic heterocycles. The van der Waals surface area contributed by atoms with Crippen molar-refractivity contribution in [2.75, 3.05) is 17.5 Å². The van der Waals surface area contributed by atoms with Gasteiger partial charge >= 0.3 is 0 Å². The average Bonchev–Trinajstić information content (AvgIpc) is 3.34. The predicted octanol–water partition coefficient (Wildman–Crippen LogP) is 6.15. The zero-order chi connectivity index (χ0) is 26.6. The van der Waals surface area contributed by atoms with Gasteiger partial charge in [0.25, 0.3) is 0 Å². The van der Waals surface area contributed by atoms with Gasteiger partial charge < -0.3 is 10.4 Å². The number of halogens is 1. The van der Waals surface area contributed by atoms with Gasteiger partial charge in [0.15, 0.2) is 0 Å². The summed E-state index contributed by atoms with van der Waals surface area (Å²) in [7, 11) is -3.48. The molecule has 0 saturated heterocycles. The van der Waals surface area contributed by atoms with Crippen LogP contribution in [0.1, 0.15) is 31.1 Å². The molecule has 194 valence electrons. The lowest BCUT2D eigenvalue weighted by atomic mass is 9.93. The third kappa shape index (κ3) is 7.63. The van der Waals surface area contributed by atoms with E-state index in [0.717, 1.165) is 34.5 Å². The molecular weight excluding hydrogens is 526 g/mol. The highest BCUT2D eigenvalue weighted by atomic mass is 35.5. The van der Waals surface area contributed by atoms with E-state index in [2.05, 4.69) is 65.7 Å². The fourth-order valence-corrected chi connectivity index (χ4v) is 5.63. The number of hydrogen-bond donors (Lipinski definition) is 3. The Bertz CT molecular complexity index is 1450. The van der Waals surface area contributed by atoms with Crippen LogP contribution in [0.4, 0.5) is 5.69 Å². The van der Waals surface area contributed by atoms with Crippen LogP contribution in [0.25, 0.3) is 21.8 Å². The third-order valence-electron chi connectivity index (χ3n) is 5.87. The highest BCUT2D eigenvalue weighted by Crippen LogP contribution is 2.30. The maximum Gasteiger partial charge on any atom is 0.229 e. The van der Waals surface area contributed by atoms with E-state index in [1.807, 2.05) is 18.2 Å². The molecule has 1 atom stereocenters. The zero-order valence-electron chi connectivity index (χ0n) is 20.9. The van der Waals surface area contributed by atoms with E-state index in [0.29, 0.717) is 12.1 Å². The van der Waals surface area contributed by atoms with Crippen LogP contribution in [0.2, 0.25) is 5.02 Å². The summed E-state index contributed by atoms with van der Waals surface area (Å²) in [4.78, 5) is 4.80. The topological polar surface area (TPSA) is 91.3 Å². The molecule has 0 amide bonds. The Morgan fingerprint density at radius 1 is 1.03 bits per heavy atom. The smallest absolute Gasteiger partial charge is 0.229 e. The molecule has 0 spiro atoms. The minimum Gasteiger partial charge on any atom is -0.387 e. The van der Waals surface area contributed by atoms with E-state index in [4.69, 9.17) is 16.6 Å². The Balaban J connectivity index is 1.36. The third-order valence-corrected chi connectivity index (χ3v) is 7.68. The second-order valence-electron chi connectivity index (χ2n) is 9.67. The van der Waals surface area contributed by atoms with Crippen molar-refractivity contribution in [1.82, 2.24) is 10.3 Å². The van der Waals surface area contributed by atoms with Crippen molar-refractivity contribution in [2.24, 2.45) is 0 Å². The largest absolute Gasteiger partial charge is 0.387 e. The number of thiazole rings is 1. The highest BCUT2D eigenvalue weighted by molar-refractivity contribution is 7.92. The maximum absolute atomic E-state index is 11.6. The van der Waals surface area contributed by atoms with Crippen molar-refractivity contribution in [1.29, 1.82) is 0 Å². The monoisotopic (exact) mass is 555 g/mol. The Hall–Kier alpha value is -2.75. The Morgan fingerprint density at radius 3 is 2.41 bits per heavy atom. The molecule has 3 N–H and O–H groups in total. The van der Waals surface area contributed by atoms with Gasteiger partial charge in [0.1, 0.15) is 5.01 Å². The SMILES string of the molecule is CC(C)(Cc1ccc(-c2csc(-c3ccccc3)n2)cc1)NC[C@H](O)c1ccc(Cl)c(NS(C)(=O)=O)c1. The van der Waals surface area contributed by atoms with Gasteiger partial charge in [-0.2, -0.15) is 0 Å². The molecule has 6 nitrogen and oxygen atoms in total. The van der Waals surface area contributed by atoms with Gasteiger partial charge in [-0.25, -0.2) is 13.4 Å². The van der Waals surface area contributed by atoms with Gasteiger partial charge in [0, 0.05) is 28.6 Å². The number of aliphatic hydroxyl groups is 1. The molecule has 4 aromatic rings. The minimum absolute atomic E-state index is 0.246. The lowest BCUT2D eigenvalue weighted by molar-refractivity contribution is 0.161. The van der Waals surface area contributed by atoms with E-state index in [9.17, 15) is 13.5 Å². The Morgan fingerprint density at radius 2 is 1.73 bits per heavy atom. The van der Waals surface area contributed by atoms with Gasteiger partial charge in [0.2, 0.25) is 10.0 Å². The van der Waals surface area contributed by atoms with E-state index in [1.165, 1.54) is 5.56 Å². The molecule has 3 aromatic carbocycles. The lowest BCUT2D eigenvalue weighted by Crippen LogP contribution is -2.43. The van der Waals surface area contributed by atoms with Crippen molar-refractivity contribution in [2.45, 2.75) is 31.9 Å². The molecule has 37 heavy (non-hydrogen) atoms. The maximum atomic E-state index is 11.6. The van der Waals surface area contributed by atoms with E-state index in [1.54, 1.807) is 29.5 Å². The molecule has 1 aromatic heterocycles. The number of benzene rings is 3. The Labute approximate surface area is 227 Å². The predicted molar refractivity (Wildman–Crippen MR) is 154 cm³/mol. The first-order valence-corrected chi connectivity index (χ1v) is 14.9. The van der Waals surface area contributed by atoms with Crippen molar-refractivity contribution in [3.05, 3.63) is 94.3 Å². The van der Waals surface area contributed by atoms with Gasteiger partial charge in [-0.3, -0.25) is 4.72 Å². The molecule has 0 aliphatic rings. The van der Waals surface area contributed by atoms with Crippen LogP contribution in [0, 0.1) is 0 Å². The number of hydrogen-bond acceptors (Lipinski definition) is 6. The van der Waals surface area contributed by atoms with Crippen molar-refractivity contribution in [3.63, 3.8) is 0 Å². The van der Waals surface area contributed by atoms with Gasteiger partial charge in [-0.15, -0.1) is 11.3 Å². The van der Waals surface area contributed by atoms with Crippen LogP contribution in [-0.4, -0.2) is 36.8 Å². The number of nitrogens with zero attached hydrogens (tertiary/aromatic N) is 1. The van der Waals surface area contributed by atoms with Gasteiger partial charge in [0.05, 0.1) is 28.8 Å². The molecule has 0 bridgehead atoms. The molecular formula is C28H30ClN3O3S2. The quantitative estimate of drug-likeness (QED) is 0.218. The second kappa shape index (κ2) is 11.3. The summed E-state index contributed by atoms with van der Waals surface area (Å²) in [5.74, 6) is 0. The zero-order valence-corrected chi connectivity index (χ0v) is 23.3. The summed E-state index contributed by atoms with van der Waals surface area (Å²) < 4.78 is 25.5. The van der Waals surface area contributed by atoms with Crippen LogP contribution >= 0.6 is 22.9 Å². The van der Waals surface area contributed by atoms with E-state index < -0.39 is 16.1 Å². The first-order chi connectivity index (χ1) is 17.5. The normalized spacial score (nSPS) is 12.9. The summed E-state index contributed by atoms with van der Waals surface area (Å²) in [6.07, 6.45) is 0.984. The van der Waals surface area contributed by atoms with Crippen LogP contribution in [0.5, 0.6) is 0 Å². The Kier molecular flexibility index (Phi) is 8.36. The molecule has 0 saturated carbocycles. The first kappa shape index (κ1) is 27.3. The first-order valence-electron chi connectivity index (χ1n) is 11.8. The molecule has 0 unspecified atom stereocenters. The van der Waals surface area contributed by atoms with Gasteiger partial charge in [-0.1, -0.05) is 72.3 Å². The molecule has 0 aliphatic carbocycles. The highest BCUT2D eigenvalue weighted by Gasteiger charge is 2.21. The van der Waals surface area contributed by atoms with Crippen LogP contribution in [-0.2, 0) is 16.4 Å². The standard InChI is InChI=1S/C28H30ClN3O3S2/c1-28(2,30-17-26(33)22-13-14-23(29)24(15-22)32-37(3,34)35)16-19-9-11-20(12-10-19)25-18-36-27(31-25)21-7-5-4-6-8-21/h4-15,18,26,30,32-33H,16-17H2,1-3H3/t26-/m0/s1. The molecule has 1 heterocycles. The summed E-state index contributed by atoms with van der Waals surface area (Å²) >= 11 is 7.74. The number of aromatic nitrogens is 1. The van der Waals surface area contributed by atoms with Crippen LogP contribution in [0.3, 0.4) is 0 Å². The number of sulfonamides is 1. The van der Waals surface area contributed by atoms with Crippen molar-refractivity contribution < 1.29 is 13.5 Å². The van der Waals surface area contributed by atoms with E-state index >= 15 is 0 Å². The number of nitrogens with one attached hydrogen (secondary N) is 2. The van der Waals surface area contributed by atoms with Crippen LogP contribution < -0.4 is 10.0 Å². The van der Waals surface area contributed by atoms with Crippen molar-refractivity contribution >= 4 is 38.6 Å². The molecule has 0 radical (unpaired) electrons. The number of anilines is 1. The van der Waals surface area contributed by atoms with Gasteiger partial charge in [-0.05, 0) is 43.5 Å². The second-order valence-corrected chi connectivity index (χ2v) is 12.7. The van der Waals surface area contributed by atoms with E-state index in [-0.39, 0.29) is 16.2 Å². The average molecular weight is 556 g/mol. The minimum atomic E-state index is -3.48. The van der Waals surface area contributed by atoms with Crippen molar-refractivity contribution in [3.8, 4) is 21.8 Å². The van der Waals surface area contributed by atoms with Crippen LogP contribution in [0.15, 0.2) is 78.2 Å². The summed E-state index contributed by atoms with van der Waals surface area (Å²) in [6, 6.07) is 23.4. The molecule has 9 heteroatoms. The summed E-state index contributed by atoms with van der Waals surface area (Å²) in [5.41, 5.74) is 4.85. The fourth-order valence-electron chi connectivity index (χ4n) is 4.00. The number of aliphatic hydroxyl groups excluding tert-OH is 1. The lowest BCUT2D eigenvalue weighted by Gasteiger charge is -2.28. The molecule has 0 fully saturated rings. The summed E-state index contributed by atoms with van der Waals surface area (Å²) in [5, 5.41) is 17.5. The number of β-amino-alcohol motifs (C(OH)–C–C–N with tert-alkyl or cyclic N) is 1.